The van der Waals surface area contributed by atoms with Crippen LogP contribution in [-0.4, -0.2) is 29.1 Å². The Morgan fingerprint density at radius 2 is 1.90 bits per heavy atom. The Hall–Kier alpha value is -2.80. The molecule has 3 aromatic rings. The van der Waals surface area contributed by atoms with Gasteiger partial charge in [-0.05, 0) is 29.9 Å². The minimum Gasteiger partial charge on any atom is -0.494 e. The number of fused-ring (bicyclic) bond motifs is 1. The molecule has 2 aromatic carbocycles. The van der Waals surface area contributed by atoms with Crippen LogP contribution in [0.5, 0.6) is 11.6 Å². The molecule has 0 aliphatic carbocycles. The number of ether oxygens (including phenoxy) is 1. The van der Waals surface area contributed by atoms with Crippen LogP contribution in [-0.2, 0) is 11.2 Å². The maximum absolute atomic E-state index is 11.9. The lowest BCUT2D eigenvalue weighted by molar-refractivity contribution is -0.121. The minimum absolute atomic E-state index is 0.0666. The van der Waals surface area contributed by atoms with Gasteiger partial charge in [-0.3, -0.25) is 14.6 Å². The number of carbonyl (C=O) groups excluding carboxylic acids is 1. The average molecular weight is 443 g/mol. The zero-order valence-electron chi connectivity index (χ0n) is 17.9. The summed E-state index contributed by atoms with van der Waals surface area (Å²) in [6.45, 7) is 3.38. The highest BCUT2D eigenvalue weighted by molar-refractivity contribution is 7.09. The fraction of sp³-hybridized carbons (Fsp3) is 0.417. The molecule has 0 bridgehead atoms. The second-order valence-corrected chi connectivity index (χ2v) is 8.66. The van der Waals surface area contributed by atoms with Crippen LogP contribution in [0.1, 0.15) is 55.9 Å². The standard InChI is InChI=1S/C24H30N2O4S/c1-2-3-4-7-14-25-22(27)11-8-15-30-20-13-12-17(18-9-5-6-10-19(18)20)16-21-23(28)26-24(29)31-21/h5-6,9-10,12-13,28H,2-4,7-8,11,14-16H2,1H3,(H,25,27)(H,26,29). The Labute approximate surface area is 186 Å². The van der Waals surface area contributed by atoms with Gasteiger partial charge in [0.1, 0.15) is 5.75 Å². The highest BCUT2D eigenvalue weighted by Crippen LogP contribution is 2.31. The molecule has 0 radical (unpaired) electrons. The van der Waals surface area contributed by atoms with Crippen LogP contribution >= 0.6 is 11.3 Å². The molecule has 0 aliphatic rings. The van der Waals surface area contributed by atoms with E-state index in [1.54, 1.807) is 0 Å². The van der Waals surface area contributed by atoms with Crippen molar-refractivity contribution in [2.24, 2.45) is 0 Å². The van der Waals surface area contributed by atoms with Crippen molar-refractivity contribution >= 4 is 28.0 Å². The molecule has 0 atom stereocenters. The third-order valence-corrected chi connectivity index (χ3v) is 6.06. The van der Waals surface area contributed by atoms with Gasteiger partial charge in [0.15, 0.2) is 0 Å². The summed E-state index contributed by atoms with van der Waals surface area (Å²) in [5.74, 6) is 0.777. The summed E-state index contributed by atoms with van der Waals surface area (Å²) < 4.78 is 5.98. The highest BCUT2D eigenvalue weighted by Gasteiger charge is 2.12. The number of hydrogen-bond acceptors (Lipinski definition) is 5. The highest BCUT2D eigenvalue weighted by atomic mass is 32.1. The predicted octanol–water partition coefficient (Wildman–Crippen LogP) is 4.74. The van der Waals surface area contributed by atoms with E-state index in [0.717, 1.165) is 52.8 Å². The molecule has 31 heavy (non-hydrogen) atoms. The largest absolute Gasteiger partial charge is 0.494 e. The number of amides is 1. The van der Waals surface area contributed by atoms with E-state index in [4.69, 9.17) is 4.74 Å². The number of unbranched alkanes of at least 4 members (excludes halogenated alkanes) is 3. The van der Waals surface area contributed by atoms with Crippen molar-refractivity contribution in [1.82, 2.24) is 10.3 Å². The first-order valence-electron chi connectivity index (χ1n) is 10.9. The van der Waals surface area contributed by atoms with Crippen molar-refractivity contribution in [1.29, 1.82) is 0 Å². The summed E-state index contributed by atoms with van der Waals surface area (Å²) in [5, 5.41) is 14.9. The molecule has 0 saturated heterocycles. The number of nitrogens with one attached hydrogen (secondary N) is 2. The van der Waals surface area contributed by atoms with E-state index in [1.165, 1.54) is 12.8 Å². The average Bonchev–Trinajstić information content (AvgIpc) is 3.08. The van der Waals surface area contributed by atoms with Gasteiger partial charge >= 0.3 is 4.87 Å². The molecule has 1 aromatic heterocycles. The molecule has 166 valence electrons. The summed E-state index contributed by atoms with van der Waals surface area (Å²) in [4.78, 5) is 26.2. The van der Waals surface area contributed by atoms with Crippen LogP contribution in [0.15, 0.2) is 41.2 Å². The second-order valence-electron chi connectivity index (χ2n) is 7.59. The van der Waals surface area contributed by atoms with E-state index < -0.39 is 0 Å². The normalized spacial score (nSPS) is 11.0. The van der Waals surface area contributed by atoms with Gasteiger partial charge < -0.3 is 15.2 Å². The molecule has 1 heterocycles. The van der Waals surface area contributed by atoms with Gasteiger partial charge in [-0.1, -0.05) is 67.9 Å². The van der Waals surface area contributed by atoms with Gasteiger partial charge in [0.25, 0.3) is 0 Å². The second kappa shape index (κ2) is 11.6. The van der Waals surface area contributed by atoms with Gasteiger partial charge in [0.2, 0.25) is 11.8 Å². The molecule has 0 aliphatic heterocycles. The summed E-state index contributed by atoms with van der Waals surface area (Å²) in [5.41, 5.74) is 1.01. The molecule has 0 saturated carbocycles. The summed E-state index contributed by atoms with van der Waals surface area (Å²) in [6.07, 6.45) is 6.17. The SMILES string of the molecule is CCCCCCNC(=O)CCCOc1ccc(Cc2sc(=O)[nH]c2O)c2ccccc12. The molecule has 0 spiro atoms. The minimum atomic E-state index is -0.262. The van der Waals surface area contributed by atoms with Crippen LogP contribution in [0, 0.1) is 0 Å². The molecule has 1 amide bonds. The number of aromatic hydroxyl groups is 1. The van der Waals surface area contributed by atoms with Crippen LogP contribution in [0.4, 0.5) is 0 Å². The maximum atomic E-state index is 11.9. The Balaban J connectivity index is 1.55. The van der Waals surface area contributed by atoms with Crippen molar-refractivity contribution < 1.29 is 14.6 Å². The maximum Gasteiger partial charge on any atom is 0.307 e. The first-order valence-corrected chi connectivity index (χ1v) is 11.7. The molecule has 7 heteroatoms. The molecule has 3 rings (SSSR count). The van der Waals surface area contributed by atoms with Crippen molar-refractivity contribution in [2.45, 2.75) is 51.9 Å². The van der Waals surface area contributed by atoms with Crippen molar-refractivity contribution in [2.75, 3.05) is 13.2 Å². The third-order valence-electron chi connectivity index (χ3n) is 5.18. The first kappa shape index (κ1) is 22.9. The van der Waals surface area contributed by atoms with Gasteiger partial charge in [-0.2, -0.15) is 0 Å². The van der Waals surface area contributed by atoms with Gasteiger partial charge in [0.05, 0.1) is 11.5 Å². The lowest BCUT2D eigenvalue weighted by atomic mass is 10.0. The van der Waals surface area contributed by atoms with Crippen LogP contribution < -0.4 is 14.9 Å². The topological polar surface area (TPSA) is 91.4 Å². The monoisotopic (exact) mass is 442 g/mol. The quantitative estimate of drug-likeness (QED) is 0.353. The van der Waals surface area contributed by atoms with Crippen molar-refractivity contribution in [3.8, 4) is 11.6 Å². The molecule has 0 unspecified atom stereocenters. The number of rotatable bonds is 12. The number of H-pyrrole nitrogens is 1. The number of thiazole rings is 1. The number of hydrogen-bond donors (Lipinski definition) is 3. The Morgan fingerprint density at radius 1 is 1.10 bits per heavy atom. The first-order chi connectivity index (χ1) is 15.1. The lowest BCUT2D eigenvalue weighted by Gasteiger charge is -2.12. The van der Waals surface area contributed by atoms with E-state index in [0.29, 0.717) is 30.7 Å². The lowest BCUT2D eigenvalue weighted by Crippen LogP contribution is -2.24. The molecule has 3 N–H and O–H groups in total. The smallest absolute Gasteiger partial charge is 0.307 e. The van der Waals surface area contributed by atoms with Crippen molar-refractivity contribution in [3.63, 3.8) is 0 Å². The Bertz CT molecular complexity index is 1060. The molecule has 6 nitrogen and oxygen atoms in total. The van der Waals surface area contributed by atoms with E-state index >= 15 is 0 Å². The van der Waals surface area contributed by atoms with E-state index in [1.807, 2.05) is 36.4 Å². The van der Waals surface area contributed by atoms with E-state index in [-0.39, 0.29) is 16.7 Å². The predicted molar refractivity (Wildman–Crippen MR) is 125 cm³/mol. The molecular formula is C24H30N2O4S. The third kappa shape index (κ3) is 6.59. The molecular weight excluding hydrogens is 412 g/mol. The van der Waals surface area contributed by atoms with Crippen molar-refractivity contribution in [3.05, 3.63) is 56.5 Å². The van der Waals surface area contributed by atoms with E-state index in [2.05, 4.69) is 17.2 Å². The fourth-order valence-corrected chi connectivity index (χ4v) is 4.29. The van der Waals surface area contributed by atoms with Gasteiger partial charge in [-0.15, -0.1) is 0 Å². The Morgan fingerprint density at radius 3 is 2.65 bits per heavy atom. The van der Waals surface area contributed by atoms with Crippen LogP contribution in [0.2, 0.25) is 0 Å². The number of aromatic amines is 1. The number of benzene rings is 2. The Kier molecular flexibility index (Phi) is 8.53. The van der Waals surface area contributed by atoms with Crippen LogP contribution in [0.25, 0.3) is 10.8 Å². The zero-order valence-corrected chi connectivity index (χ0v) is 18.7. The number of aromatic nitrogens is 1. The fourth-order valence-electron chi connectivity index (χ4n) is 3.54. The molecule has 0 fully saturated rings. The number of carbonyl (C=O) groups is 1. The van der Waals surface area contributed by atoms with Gasteiger partial charge in [-0.25, -0.2) is 0 Å². The van der Waals surface area contributed by atoms with Crippen LogP contribution in [0.3, 0.4) is 0 Å². The van der Waals surface area contributed by atoms with E-state index in [9.17, 15) is 14.7 Å². The summed E-state index contributed by atoms with van der Waals surface area (Å²) >= 11 is 1.02. The summed E-state index contributed by atoms with van der Waals surface area (Å²) in [6, 6.07) is 11.8. The zero-order chi connectivity index (χ0) is 22.1. The van der Waals surface area contributed by atoms with Gasteiger partial charge in [0, 0.05) is 24.8 Å². The summed E-state index contributed by atoms with van der Waals surface area (Å²) in [7, 11) is 0.